The van der Waals surface area contributed by atoms with Crippen molar-refractivity contribution in [3.8, 4) is 5.75 Å². The van der Waals surface area contributed by atoms with Gasteiger partial charge in [-0.15, -0.1) is 0 Å². The van der Waals surface area contributed by atoms with Gasteiger partial charge in [-0.05, 0) is 19.9 Å². The van der Waals surface area contributed by atoms with Gasteiger partial charge in [0, 0.05) is 11.1 Å². The van der Waals surface area contributed by atoms with Crippen molar-refractivity contribution >= 4 is 0 Å². The lowest BCUT2D eigenvalue weighted by Crippen LogP contribution is -2.29. The fourth-order valence-electron chi connectivity index (χ4n) is 1.08. The zero-order valence-electron chi connectivity index (χ0n) is 7.74. The van der Waals surface area contributed by atoms with Crippen molar-refractivity contribution in [2.45, 2.75) is 19.4 Å². The zero-order valence-corrected chi connectivity index (χ0v) is 7.74. The van der Waals surface area contributed by atoms with Crippen LogP contribution in [-0.4, -0.2) is 5.11 Å². The molecule has 5 heteroatoms. The molecule has 0 spiro atoms. The summed E-state index contributed by atoms with van der Waals surface area (Å²) in [7, 11) is 0. The predicted molar refractivity (Wildman–Crippen MR) is 45.2 cm³/mol. The standard InChI is InChI=1S/C9H10F3NO/c1-9(2,13)4-3-5(10)6(11)7(12)8(4)14/h3,14H,13H2,1-2H3. The average Bonchev–Trinajstić information content (AvgIpc) is 2.06. The van der Waals surface area contributed by atoms with Crippen molar-refractivity contribution in [1.29, 1.82) is 0 Å². The van der Waals surface area contributed by atoms with E-state index in [0.29, 0.717) is 6.07 Å². The summed E-state index contributed by atoms with van der Waals surface area (Å²) < 4.78 is 38.2. The molecule has 0 heterocycles. The molecule has 0 aromatic heterocycles. The van der Waals surface area contributed by atoms with E-state index in [2.05, 4.69) is 0 Å². The first-order chi connectivity index (χ1) is 6.25. The van der Waals surface area contributed by atoms with Gasteiger partial charge in [-0.2, -0.15) is 4.39 Å². The van der Waals surface area contributed by atoms with Crippen molar-refractivity contribution in [1.82, 2.24) is 0 Å². The molecule has 0 radical (unpaired) electrons. The highest BCUT2D eigenvalue weighted by Crippen LogP contribution is 2.32. The summed E-state index contributed by atoms with van der Waals surface area (Å²) in [6.45, 7) is 2.89. The minimum atomic E-state index is -1.70. The minimum Gasteiger partial charge on any atom is -0.505 e. The van der Waals surface area contributed by atoms with Gasteiger partial charge in [0.2, 0.25) is 5.82 Å². The topological polar surface area (TPSA) is 46.2 Å². The molecule has 0 atom stereocenters. The third kappa shape index (κ3) is 1.68. The number of rotatable bonds is 1. The maximum atomic E-state index is 12.9. The maximum Gasteiger partial charge on any atom is 0.203 e. The molecule has 1 aromatic rings. The van der Waals surface area contributed by atoms with E-state index in [1.807, 2.05) is 0 Å². The minimum absolute atomic E-state index is 0.172. The third-order valence-electron chi connectivity index (χ3n) is 1.83. The van der Waals surface area contributed by atoms with Gasteiger partial charge in [0.1, 0.15) is 0 Å². The van der Waals surface area contributed by atoms with Crippen LogP contribution in [0.15, 0.2) is 6.07 Å². The number of nitrogens with two attached hydrogens (primary N) is 1. The van der Waals surface area contributed by atoms with Crippen LogP contribution in [0, 0.1) is 17.5 Å². The van der Waals surface area contributed by atoms with E-state index < -0.39 is 28.7 Å². The highest BCUT2D eigenvalue weighted by molar-refractivity contribution is 5.39. The lowest BCUT2D eigenvalue weighted by Gasteiger charge is -2.20. The smallest absolute Gasteiger partial charge is 0.203 e. The summed E-state index contributed by atoms with van der Waals surface area (Å²) in [4.78, 5) is 0. The Morgan fingerprint density at radius 2 is 1.71 bits per heavy atom. The summed E-state index contributed by atoms with van der Waals surface area (Å²) in [6.07, 6.45) is 0. The van der Waals surface area contributed by atoms with Gasteiger partial charge < -0.3 is 10.8 Å². The maximum absolute atomic E-state index is 12.9. The molecule has 1 aromatic carbocycles. The largest absolute Gasteiger partial charge is 0.505 e. The quantitative estimate of drug-likeness (QED) is 0.689. The van der Waals surface area contributed by atoms with Gasteiger partial charge in [-0.1, -0.05) is 0 Å². The summed E-state index contributed by atoms with van der Waals surface area (Å²) >= 11 is 0. The number of hydrogen-bond acceptors (Lipinski definition) is 2. The fraction of sp³-hybridized carbons (Fsp3) is 0.333. The first-order valence-electron chi connectivity index (χ1n) is 3.91. The summed E-state index contributed by atoms with van der Waals surface area (Å²) in [5.41, 5.74) is 4.22. The summed E-state index contributed by atoms with van der Waals surface area (Å²) in [5.74, 6) is -5.63. The third-order valence-corrected chi connectivity index (χ3v) is 1.83. The lowest BCUT2D eigenvalue weighted by atomic mass is 9.94. The van der Waals surface area contributed by atoms with Gasteiger partial charge in [0.15, 0.2) is 17.4 Å². The monoisotopic (exact) mass is 205 g/mol. The Kier molecular flexibility index (Phi) is 2.45. The van der Waals surface area contributed by atoms with Gasteiger partial charge >= 0.3 is 0 Å². The van der Waals surface area contributed by atoms with Crippen LogP contribution in [0.25, 0.3) is 0 Å². The van der Waals surface area contributed by atoms with E-state index in [1.165, 1.54) is 13.8 Å². The van der Waals surface area contributed by atoms with Crippen molar-refractivity contribution < 1.29 is 18.3 Å². The Bertz CT molecular complexity index is 371. The second kappa shape index (κ2) is 3.16. The second-order valence-corrected chi connectivity index (χ2v) is 3.60. The zero-order chi connectivity index (χ0) is 11.1. The van der Waals surface area contributed by atoms with Crippen LogP contribution in [-0.2, 0) is 5.54 Å². The van der Waals surface area contributed by atoms with Crippen LogP contribution < -0.4 is 5.73 Å². The molecule has 0 fully saturated rings. The lowest BCUT2D eigenvalue weighted by molar-refractivity contribution is 0.367. The molecule has 0 aliphatic heterocycles. The van der Waals surface area contributed by atoms with E-state index in [1.54, 1.807) is 0 Å². The number of aromatic hydroxyl groups is 1. The van der Waals surface area contributed by atoms with Gasteiger partial charge in [0.05, 0.1) is 0 Å². The van der Waals surface area contributed by atoms with Crippen molar-refractivity contribution in [3.63, 3.8) is 0 Å². The molecule has 3 N–H and O–H groups in total. The van der Waals surface area contributed by atoms with Crippen LogP contribution in [0.1, 0.15) is 19.4 Å². The first kappa shape index (κ1) is 10.8. The van der Waals surface area contributed by atoms with Crippen LogP contribution in [0.5, 0.6) is 5.75 Å². The van der Waals surface area contributed by atoms with Crippen molar-refractivity contribution in [3.05, 3.63) is 29.1 Å². The number of phenolic OH excluding ortho intramolecular Hbond substituents is 1. The van der Waals surface area contributed by atoms with E-state index in [4.69, 9.17) is 5.73 Å². The van der Waals surface area contributed by atoms with E-state index in [9.17, 15) is 18.3 Å². The highest BCUT2D eigenvalue weighted by Gasteiger charge is 2.25. The van der Waals surface area contributed by atoms with Gasteiger partial charge in [-0.25, -0.2) is 8.78 Å². The molecule has 0 unspecified atom stereocenters. The number of halogens is 3. The number of hydrogen-bond donors (Lipinski definition) is 2. The molecule has 0 saturated heterocycles. The molecule has 0 aliphatic rings. The summed E-state index contributed by atoms with van der Waals surface area (Å²) in [5, 5.41) is 9.18. The summed E-state index contributed by atoms with van der Waals surface area (Å²) in [6, 6.07) is 0.688. The second-order valence-electron chi connectivity index (χ2n) is 3.60. The van der Waals surface area contributed by atoms with Gasteiger partial charge in [0.25, 0.3) is 0 Å². The Morgan fingerprint density at radius 1 is 1.21 bits per heavy atom. The SMILES string of the molecule is CC(C)(N)c1cc(F)c(F)c(F)c1O. The van der Waals surface area contributed by atoms with Crippen LogP contribution in [0.3, 0.4) is 0 Å². The van der Waals surface area contributed by atoms with Crippen LogP contribution >= 0.6 is 0 Å². The van der Waals surface area contributed by atoms with Crippen LogP contribution in [0.2, 0.25) is 0 Å². The van der Waals surface area contributed by atoms with E-state index >= 15 is 0 Å². The van der Waals surface area contributed by atoms with Crippen molar-refractivity contribution in [2.75, 3.05) is 0 Å². The molecular weight excluding hydrogens is 195 g/mol. The van der Waals surface area contributed by atoms with Gasteiger partial charge in [-0.3, -0.25) is 0 Å². The molecule has 14 heavy (non-hydrogen) atoms. The number of phenols is 1. The Hall–Kier alpha value is -1.23. The Morgan fingerprint density at radius 3 is 2.14 bits per heavy atom. The van der Waals surface area contributed by atoms with Crippen molar-refractivity contribution in [2.24, 2.45) is 5.73 Å². The first-order valence-corrected chi connectivity index (χ1v) is 3.91. The van der Waals surface area contributed by atoms with E-state index in [0.717, 1.165) is 0 Å². The van der Waals surface area contributed by atoms with Crippen LogP contribution in [0.4, 0.5) is 13.2 Å². The molecule has 78 valence electrons. The molecule has 0 aliphatic carbocycles. The predicted octanol–water partition coefficient (Wildman–Crippen LogP) is 2.00. The highest BCUT2D eigenvalue weighted by atomic mass is 19.2. The molecule has 0 bridgehead atoms. The fourth-order valence-corrected chi connectivity index (χ4v) is 1.08. The van der Waals surface area contributed by atoms with E-state index in [-0.39, 0.29) is 5.56 Å². The molecule has 2 nitrogen and oxygen atoms in total. The molecule has 0 saturated carbocycles. The number of benzene rings is 1. The normalized spacial score (nSPS) is 11.9. The Labute approximate surface area is 79.2 Å². The Balaban J connectivity index is 3.49. The molecule has 0 amide bonds. The molecular formula is C9H10F3NO. The average molecular weight is 205 g/mol. The molecule has 1 rings (SSSR count).